The van der Waals surface area contributed by atoms with Crippen LogP contribution in [0.4, 0.5) is 10.5 Å². The molecular formula is C13H14N2O3. The molecule has 1 aromatic carbocycles. The third-order valence-electron chi connectivity index (χ3n) is 2.95. The van der Waals surface area contributed by atoms with E-state index < -0.39 is 0 Å². The number of cyclic esters (lactones) is 1. The van der Waals surface area contributed by atoms with E-state index in [1.165, 1.54) is 4.90 Å². The van der Waals surface area contributed by atoms with Crippen molar-refractivity contribution in [2.75, 3.05) is 24.7 Å². The minimum atomic E-state index is -0.381. The topological polar surface area (TPSA) is 73.6 Å². The molecule has 1 aromatic rings. The fourth-order valence-electron chi connectivity index (χ4n) is 1.94. The van der Waals surface area contributed by atoms with E-state index in [1.807, 2.05) is 6.07 Å². The van der Waals surface area contributed by atoms with Gasteiger partial charge in [0.1, 0.15) is 0 Å². The van der Waals surface area contributed by atoms with Gasteiger partial charge < -0.3 is 9.84 Å². The van der Waals surface area contributed by atoms with Gasteiger partial charge in [-0.25, -0.2) is 4.79 Å². The van der Waals surface area contributed by atoms with Crippen LogP contribution in [-0.2, 0) is 4.74 Å². The van der Waals surface area contributed by atoms with Gasteiger partial charge in [-0.3, -0.25) is 4.90 Å². The lowest BCUT2D eigenvalue weighted by Gasteiger charge is -2.31. The van der Waals surface area contributed by atoms with Crippen LogP contribution in [-0.4, -0.2) is 31.0 Å². The van der Waals surface area contributed by atoms with Gasteiger partial charge in [0.2, 0.25) is 0 Å². The maximum absolute atomic E-state index is 11.7. The number of rotatable bonds is 3. The van der Waals surface area contributed by atoms with E-state index in [-0.39, 0.29) is 18.6 Å². The smallest absolute Gasteiger partial charge is 0.414 e. The number of amides is 1. The Hall–Kier alpha value is -2.06. The van der Waals surface area contributed by atoms with Crippen LogP contribution >= 0.6 is 0 Å². The molecule has 2 rings (SSSR count). The molecule has 0 radical (unpaired) electrons. The molecule has 1 saturated heterocycles. The van der Waals surface area contributed by atoms with Crippen LogP contribution in [0.15, 0.2) is 24.3 Å². The van der Waals surface area contributed by atoms with E-state index in [1.54, 1.807) is 24.3 Å². The predicted octanol–water partition coefficient (Wildman–Crippen LogP) is 1.51. The number of nitrogens with zero attached hydrogens (tertiary/aromatic N) is 2. The molecule has 1 unspecified atom stereocenters. The monoisotopic (exact) mass is 246 g/mol. The second-order valence-corrected chi connectivity index (χ2v) is 4.22. The molecule has 1 atom stereocenters. The molecule has 1 aliphatic heterocycles. The molecule has 0 saturated carbocycles. The normalized spacial score (nSPS) is 19.2. The Labute approximate surface area is 105 Å². The predicted molar refractivity (Wildman–Crippen MR) is 65.0 cm³/mol. The number of benzene rings is 1. The highest BCUT2D eigenvalue weighted by molar-refractivity contribution is 5.88. The molecule has 94 valence electrons. The summed E-state index contributed by atoms with van der Waals surface area (Å²) in [5.74, 6) is 0.142. The first-order valence-electron chi connectivity index (χ1n) is 5.80. The van der Waals surface area contributed by atoms with Gasteiger partial charge >= 0.3 is 6.09 Å². The van der Waals surface area contributed by atoms with Gasteiger partial charge in [0.15, 0.2) is 0 Å². The number of aliphatic hydroxyl groups excluding tert-OH is 1. The molecule has 0 spiro atoms. The first-order valence-corrected chi connectivity index (χ1v) is 5.80. The number of hydrogen-bond donors (Lipinski definition) is 1. The second-order valence-electron chi connectivity index (χ2n) is 4.22. The van der Waals surface area contributed by atoms with Gasteiger partial charge in [-0.15, -0.1) is 0 Å². The molecule has 1 aliphatic rings. The zero-order chi connectivity index (χ0) is 13.0. The van der Waals surface area contributed by atoms with Crippen LogP contribution in [0.25, 0.3) is 0 Å². The molecule has 18 heavy (non-hydrogen) atoms. The van der Waals surface area contributed by atoms with Crippen LogP contribution in [0.1, 0.15) is 12.0 Å². The molecule has 1 N–H and O–H groups in total. The van der Waals surface area contributed by atoms with E-state index in [9.17, 15) is 4.79 Å². The molecule has 5 heteroatoms. The molecule has 0 bridgehead atoms. The van der Waals surface area contributed by atoms with E-state index in [4.69, 9.17) is 15.1 Å². The van der Waals surface area contributed by atoms with E-state index in [0.717, 1.165) is 0 Å². The Morgan fingerprint density at radius 3 is 2.78 bits per heavy atom. The van der Waals surface area contributed by atoms with Crippen molar-refractivity contribution in [3.8, 4) is 6.07 Å². The van der Waals surface area contributed by atoms with Crippen molar-refractivity contribution in [3.63, 3.8) is 0 Å². The summed E-state index contributed by atoms with van der Waals surface area (Å²) in [6, 6.07) is 8.81. The summed E-state index contributed by atoms with van der Waals surface area (Å²) >= 11 is 0. The Kier molecular flexibility index (Phi) is 3.80. The summed E-state index contributed by atoms with van der Waals surface area (Å²) in [7, 11) is 0. The number of aliphatic hydroxyl groups is 1. The zero-order valence-electron chi connectivity index (χ0n) is 9.87. The Morgan fingerprint density at radius 2 is 2.17 bits per heavy atom. The van der Waals surface area contributed by atoms with Crippen molar-refractivity contribution in [1.29, 1.82) is 5.26 Å². The van der Waals surface area contributed by atoms with Gasteiger partial charge in [0.25, 0.3) is 0 Å². The summed E-state index contributed by atoms with van der Waals surface area (Å²) in [4.78, 5) is 13.2. The van der Waals surface area contributed by atoms with Crippen LogP contribution in [0.5, 0.6) is 0 Å². The summed E-state index contributed by atoms with van der Waals surface area (Å²) in [6.45, 7) is 0.973. The van der Waals surface area contributed by atoms with Crippen molar-refractivity contribution in [2.24, 2.45) is 5.92 Å². The van der Waals surface area contributed by atoms with E-state index in [2.05, 4.69) is 0 Å². The van der Waals surface area contributed by atoms with Crippen molar-refractivity contribution in [2.45, 2.75) is 6.42 Å². The fraction of sp³-hybridized carbons (Fsp3) is 0.385. The minimum absolute atomic E-state index is 0.0867. The molecular weight excluding hydrogens is 232 g/mol. The number of ether oxygens (including phenoxy) is 1. The lowest BCUT2D eigenvalue weighted by molar-refractivity contribution is 0.104. The highest BCUT2D eigenvalue weighted by atomic mass is 16.6. The van der Waals surface area contributed by atoms with Gasteiger partial charge in [0, 0.05) is 24.8 Å². The largest absolute Gasteiger partial charge is 0.449 e. The standard InChI is InChI=1S/C13H14N2O3/c14-7-10-1-3-12(4-2-10)15-8-11(5-6-16)9-18-13(15)17/h1-4,11,16H,5-6,8-9H2. The Balaban J connectivity index is 2.14. The second kappa shape index (κ2) is 5.52. The molecule has 0 aliphatic carbocycles. The summed E-state index contributed by atoms with van der Waals surface area (Å²) in [5.41, 5.74) is 1.26. The zero-order valence-corrected chi connectivity index (χ0v) is 9.87. The lowest BCUT2D eigenvalue weighted by atomic mass is 10.1. The SMILES string of the molecule is N#Cc1ccc(N2CC(CCO)COC2=O)cc1. The first-order chi connectivity index (χ1) is 8.74. The van der Waals surface area contributed by atoms with Crippen molar-refractivity contribution in [1.82, 2.24) is 0 Å². The maximum atomic E-state index is 11.7. The molecule has 1 amide bonds. The van der Waals surface area contributed by atoms with Crippen molar-refractivity contribution in [3.05, 3.63) is 29.8 Å². The minimum Gasteiger partial charge on any atom is -0.449 e. The first kappa shape index (κ1) is 12.4. The maximum Gasteiger partial charge on any atom is 0.414 e. The quantitative estimate of drug-likeness (QED) is 0.877. The van der Waals surface area contributed by atoms with Crippen LogP contribution in [0.3, 0.4) is 0 Å². The Morgan fingerprint density at radius 1 is 1.44 bits per heavy atom. The fourth-order valence-corrected chi connectivity index (χ4v) is 1.94. The van der Waals surface area contributed by atoms with Gasteiger partial charge in [-0.05, 0) is 30.7 Å². The molecule has 0 aromatic heterocycles. The average molecular weight is 246 g/mol. The number of carbonyl (C=O) groups is 1. The van der Waals surface area contributed by atoms with Gasteiger partial charge in [-0.2, -0.15) is 5.26 Å². The molecule has 1 fully saturated rings. The van der Waals surface area contributed by atoms with Crippen molar-refractivity contribution >= 4 is 11.8 Å². The van der Waals surface area contributed by atoms with Crippen LogP contribution < -0.4 is 4.90 Å². The number of carbonyl (C=O) groups excluding carboxylic acids is 1. The van der Waals surface area contributed by atoms with Gasteiger partial charge in [0.05, 0.1) is 18.2 Å². The summed E-state index contributed by atoms with van der Waals surface area (Å²) in [6.07, 6.45) is 0.231. The third kappa shape index (κ3) is 2.60. The lowest BCUT2D eigenvalue weighted by Crippen LogP contribution is -2.43. The van der Waals surface area contributed by atoms with Crippen molar-refractivity contribution < 1.29 is 14.6 Å². The van der Waals surface area contributed by atoms with Crippen LogP contribution in [0.2, 0.25) is 0 Å². The highest BCUT2D eigenvalue weighted by Crippen LogP contribution is 2.22. The summed E-state index contributed by atoms with van der Waals surface area (Å²) < 4.78 is 5.08. The third-order valence-corrected chi connectivity index (χ3v) is 2.95. The summed E-state index contributed by atoms with van der Waals surface area (Å²) in [5, 5.41) is 17.6. The number of nitriles is 1. The highest BCUT2D eigenvalue weighted by Gasteiger charge is 2.27. The average Bonchev–Trinajstić information content (AvgIpc) is 2.41. The number of anilines is 1. The number of hydrogen-bond acceptors (Lipinski definition) is 4. The van der Waals surface area contributed by atoms with Crippen LogP contribution in [0, 0.1) is 17.2 Å². The molecule has 5 nitrogen and oxygen atoms in total. The van der Waals surface area contributed by atoms with E-state index in [0.29, 0.717) is 30.8 Å². The van der Waals surface area contributed by atoms with E-state index >= 15 is 0 Å². The Bertz CT molecular complexity index is 464. The molecule has 1 heterocycles. The van der Waals surface area contributed by atoms with Gasteiger partial charge in [-0.1, -0.05) is 0 Å².